The van der Waals surface area contributed by atoms with Crippen molar-refractivity contribution in [2.45, 2.75) is 12.8 Å². The lowest BCUT2D eigenvalue weighted by atomic mass is 10.1. The monoisotopic (exact) mass is 281 g/mol. The van der Waals surface area contributed by atoms with Gasteiger partial charge in [0.2, 0.25) is 12.3 Å². The molecule has 0 aliphatic heterocycles. The van der Waals surface area contributed by atoms with Crippen molar-refractivity contribution < 1.29 is 9.59 Å². The van der Waals surface area contributed by atoms with Gasteiger partial charge in [-0.05, 0) is 18.1 Å². The highest BCUT2D eigenvalue weighted by atomic mass is 35.5. The van der Waals surface area contributed by atoms with Gasteiger partial charge in [-0.15, -0.1) is 0 Å². The van der Waals surface area contributed by atoms with E-state index < -0.39 is 0 Å². The second-order valence-electron chi connectivity index (χ2n) is 3.79. The average molecular weight is 282 g/mol. The molecule has 0 fully saturated rings. The molecule has 0 radical (unpaired) electrons. The van der Waals surface area contributed by atoms with Crippen LogP contribution >= 0.6 is 11.6 Å². The van der Waals surface area contributed by atoms with Crippen LogP contribution in [0, 0.1) is 0 Å². The van der Waals surface area contributed by atoms with Gasteiger partial charge in [-0.25, -0.2) is 0 Å². The van der Waals surface area contributed by atoms with E-state index in [1.165, 1.54) is 0 Å². The van der Waals surface area contributed by atoms with Gasteiger partial charge < -0.3 is 16.0 Å². The summed E-state index contributed by atoms with van der Waals surface area (Å²) in [5, 5.41) is 4.42. The smallest absolute Gasteiger partial charge is 0.220 e. The van der Waals surface area contributed by atoms with Crippen molar-refractivity contribution in [3.05, 3.63) is 35.0 Å². The highest BCUT2D eigenvalue weighted by molar-refractivity contribution is 6.35. The van der Waals surface area contributed by atoms with E-state index >= 15 is 0 Å². The number of aryl methyl sites for hydroxylation is 1. The summed E-state index contributed by atoms with van der Waals surface area (Å²) in [5.41, 5.74) is 6.23. The predicted octanol–water partition coefficient (Wildman–Crippen LogP) is 1.60. The number of carbonyl (C=O) groups is 2. The van der Waals surface area contributed by atoms with E-state index in [0.717, 1.165) is 22.9 Å². The number of aromatic amines is 1. The van der Waals surface area contributed by atoms with Crippen LogP contribution in [0.15, 0.2) is 24.4 Å². The number of hydrogen-bond acceptors (Lipinski definition) is 2. The molecule has 2 aromatic rings. The number of nitrogens with one attached hydrogen (secondary N) is 2. The topological polar surface area (TPSA) is 88.0 Å². The van der Waals surface area contributed by atoms with Crippen LogP contribution in [0.3, 0.4) is 0 Å². The molecule has 4 N–H and O–H groups in total. The first-order valence-corrected chi connectivity index (χ1v) is 6.12. The maximum atomic E-state index is 11.2. The first-order chi connectivity index (χ1) is 9.13. The Bertz CT molecular complexity index is 566. The van der Waals surface area contributed by atoms with Crippen LogP contribution in [0.2, 0.25) is 5.02 Å². The fourth-order valence-electron chi connectivity index (χ4n) is 1.76. The highest BCUT2D eigenvalue weighted by Crippen LogP contribution is 2.25. The summed E-state index contributed by atoms with van der Waals surface area (Å²) < 4.78 is 0. The number of halogens is 1. The quantitative estimate of drug-likeness (QED) is 0.746. The normalized spacial score (nSPS) is 9.58. The number of para-hydroxylation sites is 1. The molecule has 0 aliphatic carbocycles. The molecule has 5 nitrogen and oxygen atoms in total. The number of amides is 2. The van der Waals surface area contributed by atoms with Crippen molar-refractivity contribution in [3.63, 3.8) is 0 Å². The Kier molecular flexibility index (Phi) is 5.89. The Hall–Kier alpha value is -2.01. The summed E-state index contributed by atoms with van der Waals surface area (Å²) in [6.45, 7) is 0. The maximum Gasteiger partial charge on any atom is 0.220 e. The van der Waals surface area contributed by atoms with Crippen molar-refractivity contribution >= 4 is 34.8 Å². The van der Waals surface area contributed by atoms with Crippen LogP contribution in [0.5, 0.6) is 0 Å². The molecule has 2 amide bonds. The van der Waals surface area contributed by atoms with E-state index in [-0.39, 0.29) is 12.3 Å². The number of rotatable bonds is 3. The van der Waals surface area contributed by atoms with E-state index in [0.29, 0.717) is 11.4 Å². The summed E-state index contributed by atoms with van der Waals surface area (Å²) >= 11 is 6.05. The van der Waals surface area contributed by atoms with Gasteiger partial charge >= 0.3 is 0 Å². The molecule has 0 aliphatic rings. The summed E-state index contributed by atoms with van der Waals surface area (Å²) in [6, 6.07) is 5.78. The van der Waals surface area contributed by atoms with Gasteiger partial charge in [0.25, 0.3) is 0 Å². The largest absolute Gasteiger partial charge is 0.372 e. The third kappa shape index (κ3) is 3.99. The number of hydrogen-bond donors (Lipinski definition) is 3. The Morgan fingerprint density at radius 1 is 1.53 bits per heavy atom. The fraction of sp³-hybridized carbons (Fsp3) is 0.231. The summed E-state index contributed by atoms with van der Waals surface area (Å²) in [7, 11) is 1.65. The molecular formula is C13H16ClN3O2. The Labute approximate surface area is 116 Å². The van der Waals surface area contributed by atoms with E-state index in [9.17, 15) is 4.79 Å². The number of benzene rings is 1. The minimum Gasteiger partial charge on any atom is -0.372 e. The molecule has 1 aromatic heterocycles. The van der Waals surface area contributed by atoms with Crippen LogP contribution in [-0.4, -0.2) is 24.3 Å². The van der Waals surface area contributed by atoms with Gasteiger partial charge in [0, 0.05) is 25.1 Å². The summed E-state index contributed by atoms with van der Waals surface area (Å²) in [5.74, 6) is 0.0522. The summed E-state index contributed by atoms with van der Waals surface area (Å²) in [4.78, 5) is 22.9. The lowest BCUT2D eigenvalue weighted by Gasteiger charge is -1.99. The zero-order chi connectivity index (χ0) is 14.3. The number of fused-ring (bicyclic) bond motifs is 1. The van der Waals surface area contributed by atoms with E-state index in [2.05, 4.69) is 16.0 Å². The molecule has 102 valence electrons. The molecule has 6 heteroatoms. The van der Waals surface area contributed by atoms with Gasteiger partial charge in [-0.2, -0.15) is 0 Å². The predicted molar refractivity (Wildman–Crippen MR) is 75.9 cm³/mol. The van der Waals surface area contributed by atoms with Crippen molar-refractivity contribution in [1.82, 2.24) is 10.3 Å². The van der Waals surface area contributed by atoms with Crippen LogP contribution in [0.25, 0.3) is 10.9 Å². The zero-order valence-electron chi connectivity index (χ0n) is 10.6. The first kappa shape index (κ1) is 15.0. The summed E-state index contributed by atoms with van der Waals surface area (Å²) in [6.07, 6.45) is 3.38. The lowest BCUT2D eigenvalue weighted by Crippen LogP contribution is -2.17. The van der Waals surface area contributed by atoms with Gasteiger partial charge in [-0.3, -0.25) is 9.59 Å². The number of aromatic nitrogens is 1. The standard InChI is InChI=1S/C12H13ClN2O.CH3NO/c1-14-11(16)6-5-8-7-15-12-9(8)3-2-4-10(12)13;2-1-3/h2-4,7,15H,5-6H2,1H3,(H,14,16);1H,(H2,2,3). The van der Waals surface area contributed by atoms with Crippen molar-refractivity contribution in [3.8, 4) is 0 Å². The van der Waals surface area contributed by atoms with Gasteiger partial charge in [0.05, 0.1) is 10.5 Å². The number of H-pyrrole nitrogens is 1. The molecule has 0 bridgehead atoms. The molecule has 1 heterocycles. The Morgan fingerprint density at radius 3 is 2.84 bits per heavy atom. The third-order valence-electron chi connectivity index (χ3n) is 2.65. The van der Waals surface area contributed by atoms with Crippen molar-refractivity contribution in [1.29, 1.82) is 0 Å². The third-order valence-corrected chi connectivity index (χ3v) is 2.97. The maximum absolute atomic E-state index is 11.2. The van der Waals surface area contributed by atoms with E-state index in [1.807, 2.05) is 24.4 Å². The van der Waals surface area contributed by atoms with Crippen LogP contribution < -0.4 is 11.1 Å². The van der Waals surface area contributed by atoms with Crippen LogP contribution in [-0.2, 0) is 16.0 Å². The number of carbonyl (C=O) groups excluding carboxylic acids is 2. The molecule has 0 saturated heterocycles. The molecule has 19 heavy (non-hydrogen) atoms. The van der Waals surface area contributed by atoms with Gasteiger partial charge in [0.1, 0.15) is 0 Å². The number of primary amides is 1. The molecule has 0 atom stereocenters. The number of nitrogens with two attached hydrogens (primary N) is 1. The van der Waals surface area contributed by atoms with Crippen LogP contribution in [0.4, 0.5) is 0 Å². The first-order valence-electron chi connectivity index (χ1n) is 5.74. The molecule has 0 saturated carbocycles. The van der Waals surface area contributed by atoms with Gasteiger partial charge in [0.15, 0.2) is 0 Å². The Morgan fingerprint density at radius 2 is 2.21 bits per heavy atom. The minimum atomic E-state index is 0.0522. The fourth-order valence-corrected chi connectivity index (χ4v) is 1.98. The molecule has 0 unspecified atom stereocenters. The van der Waals surface area contributed by atoms with Crippen molar-refractivity contribution in [2.75, 3.05) is 7.05 Å². The van der Waals surface area contributed by atoms with Crippen LogP contribution in [0.1, 0.15) is 12.0 Å². The second kappa shape index (κ2) is 7.43. The average Bonchev–Trinajstić information content (AvgIpc) is 2.81. The molecule has 0 spiro atoms. The highest BCUT2D eigenvalue weighted by Gasteiger charge is 2.07. The van der Waals surface area contributed by atoms with Gasteiger partial charge in [-0.1, -0.05) is 23.7 Å². The zero-order valence-corrected chi connectivity index (χ0v) is 11.3. The minimum absolute atomic E-state index is 0.0522. The van der Waals surface area contributed by atoms with E-state index in [4.69, 9.17) is 16.4 Å². The molecule has 1 aromatic carbocycles. The van der Waals surface area contributed by atoms with E-state index in [1.54, 1.807) is 7.05 Å². The molecular weight excluding hydrogens is 266 g/mol. The molecule has 2 rings (SSSR count). The van der Waals surface area contributed by atoms with Crippen molar-refractivity contribution in [2.24, 2.45) is 5.73 Å². The second-order valence-corrected chi connectivity index (χ2v) is 4.19. The SMILES string of the molecule is CNC(=O)CCc1c[nH]c2c(Cl)cccc12.NC=O. The lowest BCUT2D eigenvalue weighted by molar-refractivity contribution is -0.120. The Balaban J connectivity index is 0.000000550.